The molecule has 1 heterocycles. The van der Waals surface area contributed by atoms with Crippen LogP contribution in [0.2, 0.25) is 0 Å². The molecule has 1 aromatic carbocycles. The van der Waals surface area contributed by atoms with E-state index in [1.807, 2.05) is 6.92 Å². The van der Waals surface area contributed by atoms with Crippen LogP contribution in [0.5, 0.6) is 5.75 Å². The Labute approximate surface area is 160 Å². The van der Waals surface area contributed by atoms with E-state index < -0.39 is 5.97 Å². The number of nitrogens with one attached hydrogen (secondary N) is 1. The zero-order valence-corrected chi connectivity index (χ0v) is 16.2. The highest BCUT2D eigenvalue weighted by Crippen LogP contribution is 2.20. The van der Waals surface area contributed by atoms with Gasteiger partial charge >= 0.3 is 5.97 Å². The molecule has 7 heteroatoms. The van der Waals surface area contributed by atoms with Crippen LogP contribution in [0.15, 0.2) is 24.3 Å². The van der Waals surface area contributed by atoms with Crippen LogP contribution in [0.1, 0.15) is 37.6 Å². The second-order valence-electron chi connectivity index (χ2n) is 7.05. The predicted octanol–water partition coefficient (Wildman–Crippen LogP) is 1.86. The van der Waals surface area contributed by atoms with Crippen LogP contribution in [0.4, 0.5) is 0 Å². The molecule has 0 bridgehead atoms. The highest BCUT2D eigenvalue weighted by Gasteiger charge is 2.25. The van der Waals surface area contributed by atoms with Crippen LogP contribution >= 0.6 is 0 Å². The molecule has 0 aliphatic carbocycles. The average molecular weight is 376 g/mol. The van der Waals surface area contributed by atoms with Gasteiger partial charge in [-0.15, -0.1) is 0 Å². The lowest BCUT2D eigenvalue weighted by Gasteiger charge is -2.34. The van der Waals surface area contributed by atoms with E-state index in [9.17, 15) is 14.4 Å². The number of hydrogen-bond donors (Lipinski definition) is 1. The number of esters is 1. The summed E-state index contributed by atoms with van der Waals surface area (Å²) in [5, 5.41) is 2.49. The number of nitrogens with zero attached hydrogens (tertiary/aromatic N) is 1. The van der Waals surface area contributed by atoms with Gasteiger partial charge in [0.2, 0.25) is 0 Å². The van der Waals surface area contributed by atoms with E-state index in [0.717, 1.165) is 6.42 Å². The molecular formula is C20H28N2O5. The molecule has 27 heavy (non-hydrogen) atoms. The van der Waals surface area contributed by atoms with Crippen LogP contribution < -0.4 is 10.1 Å². The zero-order valence-electron chi connectivity index (χ0n) is 16.2. The molecule has 0 radical (unpaired) electrons. The Bertz CT molecular complexity index is 649. The first-order valence-electron chi connectivity index (χ1n) is 9.33. The Kier molecular flexibility index (Phi) is 7.64. The molecule has 148 valence electrons. The summed E-state index contributed by atoms with van der Waals surface area (Å²) in [5.41, 5.74) is 0.415. The first-order chi connectivity index (χ1) is 12.9. The fourth-order valence-corrected chi connectivity index (χ4v) is 3.27. The van der Waals surface area contributed by atoms with Gasteiger partial charge in [-0.05, 0) is 49.4 Å². The number of rotatable bonds is 7. The van der Waals surface area contributed by atoms with Gasteiger partial charge in [0.25, 0.3) is 11.8 Å². The van der Waals surface area contributed by atoms with Gasteiger partial charge in [-0.25, -0.2) is 0 Å². The minimum atomic E-state index is -0.638. The van der Waals surface area contributed by atoms with E-state index >= 15 is 0 Å². The summed E-state index contributed by atoms with van der Waals surface area (Å²) in [7, 11) is 0. The first-order valence-corrected chi connectivity index (χ1v) is 9.33. The molecule has 2 atom stereocenters. The molecule has 1 aliphatic heterocycles. The third-order valence-corrected chi connectivity index (χ3v) is 4.40. The van der Waals surface area contributed by atoms with Crippen molar-refractivity contribution < 1.29 is 23.9 Å². The summed E-state index contributed by atoms with van der Waals surface area (Å²) >= 11 is 0. The maximum atomic E-state index is 12.2. The normalized spacial score (nSPS) is 19.3. The number of carbonyl (C=O) groups is 3. The second kappa shape index (κ2) is 9.94. The minimum Gasteiger partial charge on any atom is -0.494 e. The summed E-state index contributed by atoms with van der Waals surface area (Å²) in [6.07, 6.45) is 1.10. The SMILES string of the molecule is CCOc1ccc(C(=O)NCC(=O)OCC(=O)N2C[C@H](C)C[C@H](C)C2)cc1. The maximum absolute atomic E-state index is 12.2. The highest BCUT2D eigenvalue weighted by molar-refractivity contribution is 5.96. The van der Waals surface area contributed by atoms with Gasteiger partial charge < -0.3 is 19.7 Å². The summed E-state index contributed by atoms with van der Waals surface area (Å²) in [4.78, 5) is 37.8. The Balaban J connectivity index is 1.72. The summed E-state index contributed by atoms with van der Waals surface area (Å²) in [6.45, 7) is 7.44. The lowest BCUT2D eigenvalue weighted by molar-refractivity contribution is -0.152. The predicted molar refractivity (Wildman–Crippen MR) is 100 cm³/mol. The number of ether oxygens (including phenoxy) is 2. The molecule has 1 fully saturated rings. The fraction of sp³-hybridized carbons (Fsp3) is 0.550. The Hall–Kier alpha value is -2.57. The number of hydrogen-bond acceptors (Lipinski definition) is 5. The second-order valence-corrected chi connectivity index (χ2v) is 7.05. The standard InChI is InChI=1S/C20H28N2O5/c1-4-26-17-7-5-16(6-8-17)20(25)21-10-19(24)27-13-18(23)22-11-14(2)9-15(3)12-22/h5-8,14-15H,4,9-13H2,1-3H3,(H,21,25)/t14-,15+. The number of piperidine rings is 1. The van der Waals surface area contributed by atoms with E-state index in [-0.39, 0.29) is 25.0 Å². The Morgan fingerprint density at radius 2 is 1.74 bits per heavy atom. The molecule has 7 nitrogen and oxygen atoms in total. The summed E-state index contributed by atoms with van der Waals surface area (Å²) in [5.74, 6) is 0.345. The lowest BCUT2D eigenvalue weighted by Crippen LogP contribution is -2.44. The zero-order chi connectivity index (χ0) is 19.8. The monoisotopic (exact) mass is 376 g/mol. The van der Waals surface area contributed by atoms with Gasteiger partial charge in [-0.1, -0.05) is 13.8 Å². The number of amides is 2. The third-order valence-electron chi connectivity index (χ3n) is 4.40. The van der Waals surface area contributed by atoms with Crippen molar-refractivity contribution in [2.75, 3.05) is 32.8 Å². The van der Waals surface area contributed by atoms with Crippen molar-refractivity contribution in [3.8, 4) is 5.75 Å². The van der Waals surface area contributed by atoms with Crippen molar-refractivity contribution in [1.82, 2.24) is 10.2 Å². The molecule has 0 saturated carbocycles. The molecule has 2 amide bonds. The van der Waals surface area contributed by atoms with E-state index in [4.69, 9.17) is 9.47 Å². The molecule has 0 spiro atoms. The van der Waals surface area contributed by atoms with Crippen molar-refractivity contribution in [2.45, 2.75) is 27.2 Å². The van der Waals surface area contributed by atoms with Gasteiger partial charge in [0.05, 0.1) is 6.61 Å². The molecular weight excluding hydrogens is 348 g/mol. The van der Waals surface area contributed by atoms with Gasteiger partial charge in [0, 0.05) is 18.7 Å². The van der Waals surface area contributed by atoms with Crippen LogP contribution in [0.25, 0.3) is 0 Å². The van der Waals surface area contributed by atoms with Crippen molar-refractivity contribution in [1.29, 1.82) is 0 Å². The Morgan fingerprint density at radius 3 is 2.33 bits per heavy atom. The summed E-state index contributed by atoms with van der Waals surface area (Å²) < 4.78 is 10.3. The van der Waals surface area contributed by atoms with E-state index in [1.165, 1.54) is 0 Å². The van der Waals surface area contributed by atoms with Crippen molar-refractivity contribution in [3.05, 3.63) is 29.8 Å². The third kappa shape index (κ3) is 6.58. The van der Waals surface area contributed by atoms with Crippen LogP contribution in [-0.4, -0.2) is 55.5 Å². The van der Waals surface area contributed by atoms with Crippen molar-refractivity contribution in [3.63, 3.8) is 0 Å². The van der Waals surface area contributed by atoms with Crippen LogP contribution in [0.3, 0.4) is 0 Å². The highest BCUT2D eigenvalue weighted by atomic mass is 16.5. The average Bonchev–Trinajstić information content (AvgIpc) is 2.64. The van der Waals surface area contributed by atoms with E-state index in [1.54, 1.807) is 29.2 Å². The van der Waals surface area contributed by atoms with Gasteiger partial charge in [-0.2, -0.15) is 0 Å². The Morgan fingerprint density at radius 1 is 1.11 bits per heavy atom. The quantitative estimate of drug-likeness (QED) is 0.734. The number of benzene rings is 1. The van der Waals surface area contributed by atoms with Crippen molar-refractivity contribution in [2.24, 2.45) is 11.8 Å². The lowest BCUT2D eigenvalue weighted by atomic mass is 9.92. The molecule has 0 aromatic heterocycles. The maximum Gasteiger partial charge on any atom is 0.325 e. The smallest absolute Gasteiger partial charge is 0.325 e. The van der Waals surface area contributed by atoms with Crippen LogP contribution in [-0.2, 0) is 14.3 Å². The topological polar surface area (TPSA) is 84.9 Å². The molecule has 2 rings (SSSR count). The molecule has 1 aliphatic rings. The van der Waals surface area contributed by atoms with Crippen LogP contribution in [0, 0.1) is 11.8 Å². The van der Waals surface area contributed by atoms with E-state index in [2.05, 4.69) is 19.2 Å². The molecule has 1 saturated heterocycles. The largest absolute Gasteiger partial charge is 0.494 e. The number of carbonyl (C=O) groups excluding carboxylic acids is 3. The van der Waals surface area contributed by atoms with Gasteiger partial charge in [-0.3, -0.25) is 14.4 Å². The van der Waals surface area contributed by atoms with Crippen molar-refractivity contribution >= 4 is 17.8 Å². The minimum absolute atomic E-state index is 0.195. The van der Waals surface area contributed by atoms with Gasteiger partial charge in [0.15, 0.2) is 6.61 Å². The van der Waals surface area contributed by atoms with E-state index in [0.29, 0.717) is 42.8 Å². The first kappa shape index (κ1) is 20.7. The molecule has 1 N–H and O–H groups in total. The summed E-state index contributed by atoms with van der Waals surface area (Å²) in [6, 6.07) is 6.62. The number of likely N-dealkylation sites (tertiary alicyclic amines) is 1. The molecule has 1 aromatic rings. The molecule has 0 unspecified atom stereocenters. The van der Waals surface area contributed by atoms with Gasteiger partial charge in [0.1, 0.15) is 12.3 Å². The fourth-order valence-electron chi connectivity index (χ4n) is 3.27.